The van der Waals surface area contributed by atoms with E-state index >= 15 is 0 Å². The molecule has 1 aromatic carbocycles. The Bertz CT molecular complexity index is 522. The molecular formula is C22H37NO4. The number of aliphatic hydroxyl groups is 3. The smallest absolute Gasteiger partial charge is 0.118 e. The number of unbranched alkanes of at least 4 members (excludes halogenated alkanes) is 6. The molecule has 1 heterocycles. The number of β-amino-alcohol motifs (C(OH)–C–C–N with tert-alkyl or cyclic N) is 1. The molecule has 0 aromatic heterocycles. The van der Waals surface area contributed by atoms with Crippen molar-refractivity contribution in [3.63, 3.8) is 0 Å². The van der Waals surface area contributed by atoms with Crippen LogP contribution in [0.15, 0.2) is 24.3 Å². The van der Waals surface area contributed by atoms with Crippen LogP contribution in [0.25, 0.3) is 0 Å². The van der Waals surface area contributed by atoms with Crippen LogP contribution in [-0.2, 0) is 6.54 Å². The third kappa shape index (κ3) is 6.75. The van der Waals surface area contributed by atoms with Gasteiger partial charge >= 0.3 is 0 Å². The molecule has 0 aliphatic carbocycles. The molecule has 0 bridgehead atoms. The second-order valence-corrected chi connectivity index (χ2v) is 7.80. The molecule has 154 valence electrons. The van der Waals surface area contributed by atoms with E-state index in [4.69, 9.17) is 4.74 Å². The van der Waals surface area contributed by atoms with E-state index in [2.05, 4.69) is 11.8 Å². The molecule has 1 fully saturated rings. The first-order valence-corrected chi connectivity index (χ1v) is 10.5. The highest BCUT2D eigenvalue weighted by Crippen LogP contribution is 2.26. The summed E-state index contributed by atoms with van der Waals surface area (Å²) >= 11 is 0. The van der Waals surface area contributed by atoms with Gasteiger partial charge in [0.15, 0.2) is 0 Å². The van der Waals surface area contributed by atoms with Crippen molar-refractivity contribution in [3.8, 4) is 5.75 Å². The molecule has 1 unspecified atom stereocenters. The number of benzene rings is 1. The zero-order valence-electron chi connectivity index (χ0n) is 16.9. The molecule has 1 aromatic rings. The summed E-state index contributed by atoms with van der Waals surface area (Å²) in [6.07, 6.45) is 6.52. The summed E-state index contributed by atoms with van der Waals surface area (Å²) in [6, 6.07) is 7.74. The Hall–Kier alpha value is -1.14. The van der Waals surface area contributed by atoms with Crippen molar-refractivity contribution in [1.29, 1.82) is 0 Å². The second kappa shape index (κ2) is 11.6. The zero-order valence-corrected chi connectivity index (χ0v) is 16.9. The van der Waals surface area contributed by atoms with E-state index < -0.39 is 18.3 Å². The second-order valence-electron chi connectivity index (χ2n) is 7.80. The SMILES string of the molecule is CCCCCCCCC[C@@H]1C(O)[C@@H](O)[C@H](O)CN1Cc1ccc(OC)cc1. The lowest BCUT2D eigenvalue weighted by molar-refractivity contribution is -0.140. The summed E-state index contributed by atoms with van der Waals surface area (Å²) in [4.78, 5) is 2.11. The Morgan fingerprint density at radius 1 is 0.926 bits per heavy atom. The van der Waals surface area contributed by atoms with Crippen molar-refractivity contribution in [3.05, 3.63) is 29.8 Å². The van der Waals surface area contributed by atoms with Crippen LogP contribution in [0.2, 0.25) is 0 Å². The number of ether oxygens (including phenoxy) is 1. The minimum Gasteiger partial charge on any atom is -0.497 e. The van der Waals surface area contributed by atoms with Crippen molar-refractivity contribution in [2.45, 2.75) is 89.2 Å². The van der Waals surface area contributed by atoms with Gasteiger partial charge in [-0.25, -0.2) is 0 Å². The van der Waals surface area contributed by atoms with Gasteiger partial charge < -0.3 is 20.1 Å². The number of aliphatic hydroxyl groups excluding tert-OH is 3. The van der Waals surface area contributed by atoms with Crippen molar-refractivity contribution in [2.24, 2.45) is 0 Å². The fourth-order valence-corrected chi connectivity index (χ4v) is 3.97. The number of hydrogen-bond donors (Lipinski definition) is 3. The van der Waals surface area contributed by atoms with Gasteiger partial charge in [-0.3, -0.25) is 4.90 Å². The molecule has 5 nitrogen and oxygen atoms in total. The van der Waals surface area contributed by atoms with Crippen LogP contribution in [-0.4, -0.2) is 58.2 Å². The maximum atomic E-state index is 10.5. The van der Waals surface area contributed by atoms with E-state index in [1.54, 1.807) is 7.11 Å². The minimum absolute atomic E-state index is 0.124. The lowest BCUT2D eigenvalue weighted by atomic mass is 9.89. The van der Waals surface area contributed by atoms with Crippen molar-refractivity contribution in [2.75, 3.05) is 13.7 Å². The molecule has 1 aliphatic heterocycles. The monoisotopic (exact) mass is 379 g/mol. The lowest BCUT2D eigenvalue weighted by Crippen LogP contribution is -2.60. The number of methoxy groups -OCH3 is 1. The predicted octanol–water partition coefficient (Wildman–Crippen LogP) is 3.10. The van der Waals surface area contributed by atoms with Crippen LogP contribution >= 0.6 is 0 Å². The maximum absolute atomic E-state index is 10.5. The standard InChI is InChI=1S/C22H37NO4/c1-3-4-5-6-7-8-9-10-19-21(25)22(26)20(24)16-23(19)15-17-11-13-18(27-2)14-12-17/h11-14,19-22,24-26H,3-10,15-16H2,1-2H3/t19-,20-,21?,22+/m1/s1. The summed E-state index contributed by atoms with van der Waals surface area (Å²) in [6.45, 7) is 3.25. The molecule has 4 atom stereocenters. The molecule has 0 amide bonds. The van der Waals surface area contributed by atoms with Gasteiger partial charge in [-0.15, -0.1) is 0 Å². The molecule has 1 saturated heterocycles. The molecule has 0 radical (unpaired) electrons. The van der Waals surface area contributed by atoms with Gasteiger partial charge in [0.05, 0.1) is 19.3 Å². The van der Waals surface area contributed by atoms with E-state index in [0.29, 0.717) is 13.1 Å². The first-order valence-electron chi connectivity index (χ1n) is 10.5. The van der Waals surface area contributed by atoms with E-state index in [1.807, 2.05) is 24.3 Å². The Labute approximate surface area is 164 Å². The normalized spacial score (nSPS) is 26.3. The fourth-order valence-electron chi connectivity index (χ4n) is 3.97. The quantitative estimate of drug-likeness (QED) is 0.515. The van der Waals surface area contributed by atoms with Gasteiger partial charge in [0.2, 0.25) is 0 Å². The van der Waals surface area contributed by atoms with Gasteiger partial charge in [-0.05, 0) is 24.1 Å². The Morgan fingerprint density at radius 3 is 2.19 bits per heavy atom. The third-order valence-electron chi connectivity index (χ3n) is 5.68. The van der Waals surface area contributed by atoms with E-state index in [9.17, 15) is 15.3 Å². The molecule has 0 saturated carbocycles. The lowest BCUT2D eigenvalue weighted by Gasteiger charge is -2.44. The minimum atomic E-state index is -1.06. The van der Waals surface area contributed by atoms with Crippen LogP contribution in [0.3, 0.4) is 0 Å². The highest BCUT2D eigenvalue weighted by Gasteiger charge is 2.40. The number of piperidine rings is 1. The molecule has 27 heavy (non-hydrogen) atoms. The highest BCUT2D eigenvalue weighted by molar-refractivity contribution is 5.27. The largest absolute Gasteiger partial charge is 0.497 e. The van der Waals surface area contributed by atoms with Crippen molar-refractivity contribution < 1.29 is 20.1 Å². The van der Waals surface area contributed by atoms with Crippen molar-refractivity contribution in [1.82, 2.24) is 4.90 Å². The fraction of sp³-hybridized carbons (Fsp3) is 0.727. The number of likely N-dealkylation sites (tertiary alicyclic amines) is 1. The van der Waals surface area contributed by atoms with Crippen LogP contribution in [0.4, 0.5) is 0 Å². The molecule has 2 rings (SSSR count). The molecule has 5 heteroatoms. The summed E-state index contributed by atoms with van der Waals surface area (Å²) < 4.78 is 5.20. The number of rotatable bonds is 11. The van der Waals surface area contributed by atoms with Crippen molar-refractivity contribution >= 4 is 0 Å². The third-order valence-corrected chi connectivity index (χ3v) is 5.68. The highest BCUT2D eigenvalue weighted by atomic mass is 16.5. The number of hydrogen-bond acceptors (Lipinski definition) is 5. The summed E-state index contributed by atoms with van der Waals surface area (Å²) in [5.41, 5.74) is 1.11. The predicted molar refractivity (Wildman–Crippen MR) is 108 cm³/mol. The first-order chi connectivity index (χ1) is 13.1. The Morgan fingerprint density at radius 2 is 1.56 bits per heavy atom. The molecule has 0 spiro atoms. The maximum Gasteiger partial charge on any atom is 0.118 e. The molecular weight excluding hydrogens is 342 g/mol. The van der Waals surface area contributed by atoms with Crippen LogP contribution in [0, 0.1) is 0 Å². The van der Waals surface area contributed by atoms with Gasteiger partial charge in [0, 0.05) is 19.1 Å². The van der Waals surface area contributed by atoms with Crippen LogP contribution < -0.4 is 4.74 Å². The molecule has 1 aliphatic rings. The van der Waals surface area contributed by atoms with Crippen LogP contribution in [0.5, 0.6) is 5.75 Å². The number of nitrogens with zero attached hydrogens (tertiary/aromatic N) is 1. The van der Waals surface area contributed by atoms with Gasteiger partial charge in [-0.1, -0.05) is 64.0 Å². The molecule has 3 N–H and O–H groups in total. The Kier molecular flexibility index (Phi) is 9.56. The van der Waals surface area contributed by atoms with Crippen LogP contribution in [0.1, 0.15) is 63.9 Å². The first kappa shape index (κ1) is 22.2. The summed E-state index contributed by atoms with van der Waals surface area (Å²) in [5, 5.41) is 30.8. The average Bonchev–Trinajstić information content (AvgIpc) is 2.68. The zero-order chi connectivity index (χ0) is 19.6. The van der Waals surface area contributed by atoms with E-state index in [-0.39, 0.29) is 6.04 Å². The van der Waals surface area contributed by atoms with E-state index in [0.717, 1.165) is 30.6 Å². The average molecular weight is 380 g/mol. The van der Waals surface area contributed by atoms with Gasteiger partial charge in [-0.2, -0.15) is 0 Å². The topological polar surface area (TPSA) is 73.2 Å². The Balaban J connectivity index is 1.90. The van der Waals surface area contributed by atoms with Gasteiger partial charge in [0.1, 0.15) is 11.9 Å². The van der Waals surface area contributed by atoms with E-state index in [1.165, 1.54) is 32.1 Å². The summed E-state index contributed by atoms with van der Waals surface area (Å²) in [7, 11) is 1.64. The summed E-state index contributed by atoms with van der Waals surface area (Å²) in [5.74, 6) is 0.813. The van der Waals surface area contributed by atoms with Gasteiger partial charge in [0.25, 0.3) is 0 Å².